The van der Waals surface area contributed by atoms with Gasteiger partial charge in [-0.3, -0.25) is 0 Å². The number of hydrogen-bond acceptors (Lipinski definition) is 3. The molecule has 0 bridgehead atoms. The molecule has 2 aromatic carbocycles. The Morgan fingerprint density at radius 1 is 0.957 bits per heavy atom. The van der Waals surface area contributed by atoms with Crippen LogP contribution in [0.15, 0.2) is 54.9 Å². The summed E-state index contributed by atoms with van der Waals surface area (Å²) >= 11 is 0. The van der Waals surface area contributed by atoms with Crippen molar-refractivity contribution in [3.8, 4) is 17.1 Å². The predicted octanol–water partition coefficient (Wildman–Crippen LogP) is 3.41. The Bertz CT molecular complexity index is 789. The molecule has 3 aromatic rings. The van der Waals surface area contributed by atoms with E-state index in [2.05, 4.69) is 10.1 Å². The first-order chi connectivity index (χ1) is 11.0. The number of nitrogens with zero attached hydrogens (tertiary/aromatic N) is 3. The first-order valence-corrected chi connectivity index (χ1v) is 6.86. The zero-order valence-electron chi connectivity index (χ0n) is 12.0. The Labute approximate surface area is 130 Å². The number of alkyl halides is 3. The lowest BCUT2D eigenvalue weighted by Gasteiger charge is -2.07. The highest BCUT2D eigenvalue weighted by atomic mass is 19.4. The fourth-order valence-electron chi connectivity index (χ4n) is 2.11. The zero-order chi connectivity index (χ0) is 16.4. The summed E-state index contributed by atoms with van der Waals surface area (Å²) in [6, 6.07) is 12.2. The van der Waals surface area contributed by atoms with Gasteiger partial charge in [-0.1, -0.05) is 24.3 Å². The van der Waals surface area contributed by atoms with Gasteiger partial charge < -0.3 is 5.73 Å². The number of benzene rings is 2. The third kappa shape index (κ3) is 3.24. The van der Waals surface area contributed by atoms with Crippen molar-refractivity contribution in [3.63, 3.8) is 0 Å². The van der Waals surface area contributed by atoms with Crippen molar-refractivity contribution in [1.82, 2.24) is 14.8 Å². The number of halogens is 3. The van der Waals surface area contributed by atoms with Gasteiger partial charge in [0, 0.05) is 12.1 Å². The standard InChI is InChI=1S/C16H13F3N4/c17-16(18,19)13-5-7-14(8-6-13)23-10-21-15(22-23)12-3-1-11(9-20)2-4-12/h1-8,10H,9,20H2. The van der Waals surface area contributed by atoms with Crippen molar-refractivity contribution in [2.24, 2.45) is 5.73 Å². The average molecular weight is 318 g/mol. The van der Waals surface area contributed by atoms with Crippen LogP contribution in [0.1, 0.15) is 11.1 Å². The van der Waals surface area contributed by atoms with E-state index in [0.29, 0.717) is 18.1 Å². The van der Waals surface area contributed by atoms with Gasteiger partial charge in [-0.25, -0.2) is 9.67 Å². The largest absolute Gasteiger partial charge is 0.416 e. The van der Waals surface area contributed by atoms with Crippen LogP contribution in [-0.4, -0.2) is 14.8 Å². The van der Waals surface area contributed by atoms with Crippen molar-refractivity contribution in [2.45, 2.75) is 12.7 Å². The minimum absolute atomic E-state index is 0.452. The molecule has 1 aromatic heterocycles. The van der Waals surface area contributed by atoms with Crippen LogP contribution in [0.2, 0.25) is 0 Å². The number of rotatable bonds is 3. The monoisotopic (exact) mass is 318 g/mol. The molecule has 0 saturated heterocycles. The van der Waals surface area contributed by atoms with Crippen molar-refractivity contribution in [1.29, 1.82) is 0 Å². The molecule has 0 atom stereocenters. The molecule has 1 heterocycles. The minimum atomic E-state index is -4.35. The van der Waals surface area contributed by atoms with Crippen LogP contribution in [0, 0.1) is 0 Å². The molecule has 0 radical (unpaired) electrons. The van der Waals surface area contributed by atoms with E-state index >= 15 is 0 Å². The van der Waals surface area contributed by atoms with Crippen LogP contribution in [0.25, 0.3) is 17.1 Å². The molecule has 0 aliphatic carbocycles. The Balaban J connectivity index is 1.86. The SMILES string of the molecule is NCc1ccc(-c2ncn(-c3ccc(C(F)(F)F)cc3)n2)cc1. The molecule has 0 aliphatic heterocycles. The maximum atomic E-state index is 12.6. The summed E-state index contributed by atoms with van der Waals surface area (Å²) in [5, 5.41) is 4.29. The highest BCUT2D eigenvalue weighted by molar-refractivity contribution is 5.55. The van der Waals surface area contributed by atoms with E-state index in [1.165, 1.54) is 23.1 Å². The maximum Gasteiger partial charge on any atom is 0.416 e. The highest BCUT2D eigenvalue weighted by Crippen LogP contribution is 2.29. The van der Waals surface area contributed by atoms with E-state index < -0.39 is 11.7 Å². The maximum absolute atomic E-state index is 12.6. The van der Waals surface area contributed by atoms with Gasteiger partial charge in [-0.05, 0) is 29.8 Å². The summed E-state index contributed by atoms with van der Waals surface area (Å²) in [5.74, 6) is 0.494. The molecule has 4 nitrogen and oxygen atoms in total. The molecule has 2 N–H and O–H groups in total. The fraction of sp³-hybridized carbons (Fsp3) is 0.125. The van der Waals surface area contributed by atoms with E-state index in [-0.39, 0.29) is 0 Å². The number of hydrogen-bond donors (Lipinski definition) is 1. The van der Waals surface area contributed by atoms with Crippen molar-refractivity contribution < 1.29 is 13.2 Å². The van der Waals surface area contributed by atoms with Crippen LogP contribution in [0.5, 0.6) is 0 Å². The van der Waals surface area contributed by atoms with Gasteiger partial charge in [0.1, 0.15) is 6.33 Å². The molecule has 23 heavy (non-hydrogen) atoms. The van der Waals surface area contributed by atoms with E-state index in [0.717, 1.165) is 23.3 Å². The lowest BCUT2D eigenvalue weighted by Crippen LogP contribution is -2.05. The van der Waals surface area contributed by atoms with E-state index in [4.69, 9.17) is 5.73 Å². The molecule has 0 fully saturated rings. The highest BCUT2D eigenvalue weighted by Gasteiger charge is 2.30. The van der Waals surface area contributed by atoms with Gasteiger partial charge in [-0.15, -0.1) is 5.10 Å². The predicted molar refractivity (Wildman–Crippen MR) is 79.7 cm³/mol. The fourth-order valence-corrected chi connectivity index (χ4v) is 2.11. The van der Waals surface area contributed by atoms with Gasteiger partial charge in [-0.2, -0.15) is 13.2 Å². The summed E-state index contributed by atoms with van der Waals surface area (Å²) in [4.78, 5) is 4.19. The van der Waals surface area contributed by atoms with Crippen molar-refractivity contribution in [2.75, 3.05) is 0 Å². The first kappa shape index (κ1) is 15.2. The van der Waals surface area contributed by atoms with Crippen LogP contribution in [0.4, 0.5) is 13.2 Å². The smallest absolute Gasteiger partial charge is 0.326 e. The topological polar surface area (TPSA) is 56.7 Å². The average Bonchev–Trinajstić information content (AvgIpc) is 3.04. The molecule has 0 aliphatic rings. The Hall–Kier alpha value is -2.67. The number of aromatic nitrogens is 3. The third-order valence-corrected chi connectivity index (χ3v) is 3.40. The van der Waals surface area contributed by atoms with Gasteiger partial charge >= 0.3 is 6.18 Å². The minimum Gasteiger partial charge on any atom is -0.326 e. The Kier molecular flexibility index (Phi) is 3.87. The molecular formula is C16H13F3N4. The van der Waals surface area contributed by atoms with Gasteiger partial charge in [0.05, 0.1) is 11.3 Å². The first-order valence-electron chi connectivity index (χ1n) is 6.86. The normalized spacial score (nSPS) is 11.7. The molecular weight excluding hydrogens is 305 g/mol. The number of nitrogens with two attached hydrogens (primary N) is 1. The summed E-state index contributed by atoms with van der Waals surface area (Å²) in [6.07, 6.45) is -2.88. The molecule has 7 heteroatoms. The third-order valence-electron chi connectivity index (χ3n) is 3.40. The second-order valence-electron chi connectivity index (χ2n) is 4.96. The summed E-state index contributed by atoms with van der Waals surface area (Å²) in [7, 11) is 0. The van der Waals surface area contributed by atoms with Gasteiger partial charge in [0.15, 0.2) is 5.82 Å². The second kappa shape index (κ2) is 5.85. The van der Waals surface area contributed by atoms with Crippen LogP contribution in [-0.2, 0) is 12.7 Å². The summed E-state index contributed by atoms with van der Waals surface area (Å²) in [5.41, 5.74) is 7.17. The van der Waals surface area contributed by atoms with Crippen molar-refractivity contribution in [3.05, 3.63) is 66.0 Å². The Morgan fingerprint density at radius 2 is 1.61 bits per heavy atom. The van der Waals surface area contributed by atoms with Crippen LogP contribution in [0.3, 0.4) is 0 Å². The van der Waals surface area contributed by atoms with Crippen molar-refractivity contribution >= 4 is 0 Å². The molecule has 118 valence electrons. The summed E-state index contributed by atoms with van der Waals surface area (Å²) < 4.78 is 39.1. The van der Waals surface area contributed by atoms with E-state index in [1.54, 1.807) is 0 Å². The van der Waals surface area contributed by atoms with Crippen LogP contribution < -0.4 is 5.73 Å². The zero-order valence-corrected chi connectivity index (χ0v) is 12.0. The van der Waals surface area contributed by atoms with Gasteiger partial charge in [0.2, 0.25) is 0 Å². The van der Waals surface area contributed by atoms with Gasteiger partial charge in [0.25, 0.3) is 0 Å². The molecule has 0 saturated carbocycles. The summed E-state index contributed by atoms with van der Waals surface area (Å²) in [6.45, 7) is 0.452. The van der Waals surface area contributed by atoms with E-state index in [1.807, 2.05) is 24.3 Å². The van der Waals surface area contributed by atoms with E-state index in [9.17, 15) is 13.2 Å². The molecule has 0 amide bonds. The van der Waals surface area contributed by atoms with Crippen LogP contribution >= 0.6 is 0 Å². The lowest BCUT2D eigenvalue weighted by molar-refractivity contribution is -0.137. The molecule has 0 unspecified atom stereocenters. The molecule has 3 rings (SSSR count). The Morgan fingerprint density at radius 3 is 2.17 bits per heavy atom. The second-order valence-corrected chi connectivity index (χ2v) is 4.96. The quantitative estimate of drug-likeness (QED) is 0.805. The molecule has 0 spiro atoms. The lowest BCUT2D eigenvalue weighted by atomic mass is 10.1.